The number of carbonyl (C=O) groups is 3. The molecule has 0 saturated carbocycles. The first kappa shape index (κ1) is 10.3. The molecular formula is C10H9N3O3+. The fourth-order valence-electron chi connectivity index (χ4n) is 1.68. The molecule has 1 aliphatic heterocycles. The molecule has 2 rings (SSSR count). The summed E-state index contributed by atoms with van der Waals surface area (Å²) in [5, 5.41) is 3.23. The molecular weight excluding hydrogens is 210 g/mol. The molecule has 0 spiro atoms. The molecule has 0 aromatic heterocycles. The molecule has 0 aliphatic carbocycles. The van der Waals surface area contributed by atoms with Crippen LogP contribution in [0.1, 0.15) is 0 Å². The van der Waals surface area contributed by atoms with E-state index in [4.69, 9.17) is 5.73 Å². The van der Waals surface area contributed by atoms with Crippen molar-refractivity contribution in [3.05, 3.63) is 30.3 Å². The fraction of sp³-hybridized carbons (Fsp3) is 0.100. The summed E-state index contributed by atoms with van der Waals surface area (Å²) >= 11 is 0. The number of nitrogens with two attached hydrogens (primary N) is 1. The summed E-state index contributed by atoms with van der Waals surface area (Å²) in [5.74, 6) is -0.632. The standard InChI is InChI=1S/C10H8N3O3/c11-9(15)13(6-8(14)12-10(13)16)7-4-2-1-3-5-7/h1-5H,6H2,(H-,11,15)/p+1. The smallest absolute Gasteiger partial charge is 0.318 e. The first-order chi connectivity index (χ1) is 7.57. The van der Waals surface area contributed by atoms with E-state index in [9.17, 15) is 14.4 Å². The summed E-state index contributed by atoms with van der Waals surface area (Å²) in [5.41, 5.74) is 5.57. The lowest BCUT2D eigenvalue weighted by molar-refractivity contribution is -0.118. The second-order valence-electron chi connectivity index (χ2n) is 3.43. The summed E-state index contributed by atoms with van der Waals surface area (Å²) < 4.78 is -0.848. The van der Waals surface area contributed by atoms with Gasteiger partial charge in [-0.15, -0.1) is 9.80 Å². The Balaban J connectivity index is 2.58. The SMILES string of the molecule is NC(=O)[N+]1(c2ccccc2)CC(=O)[N]C1=O. The van der Waals surface area contributed by atoms with Gasteiger partial charge >= 0.3 is 18.0 Å². The number of hydrogen-bond donors (Lipinski definition) is 1. The summed E-state index contributed by atoms with van der Waals surface area (Å²) in [7, 11) is 0. The lowest BCUT2D eigenvalue weighted by Crippen LogP contribution is -2.58. The Bertz CT molecular complexity index is 471. The van der Waals surface area contributed by atoms with E-state index in [1.807, 2.05) is 0 Å². The Morgan fingerprint density at radius 3 is 2.31 bits per heavy atom. The Morgan fingerprint density at radius 2 is 1.88 bits per heavy atom. The number of primary amides is 1. The highest BCUT2D eigenvalue weighted by Gasteiger charge is 2.55. The summed E-state index contributed by atoms with van der Waals surface area (Å²) in [6, 6.07) is 6.46. The van der Waals surface area contributed by atoms with E-state index in [-0.39, 0.29) is 6.54 Å². The minimum absolute atomic E-state index is 0.335. The number of nitrogens with zero attached hydrogens (tertiary/aromatic N) is 2. The number of rotatable bonds is 1. The van der Waals surface area contributed by atoms with Gasteiger partial charge in [-0.25, -0.2) is 9.59 Å². The highest BCUT2D eigenvalue weighted by atomic mass is 16.2. The zero-order valence-corrected chi connectivity index (χ0v) is 8.29. The maximum Gasteiger partial charge on any atom is 0.460 e. The van der Waals surface area contributed by atoms with E-state index in [0.29, 0.717) is 5.69 Å². The molecule has 1 aromatic rings. The van der Waals surface area contributed by atoms with E-state index >= 15 is 0 Å². The van der Waals surface area contributed by atoms with Crippen molar-refractivity contribution in [3.63, 3.8) is 0 Å². The number of imide groups is 2. The van der Waals surface area contributed by atoms with Crippen molar-refractivity contribution in [3.8, 4) is 0 Å². The maximum absolute atomic E-state index is 11.6. The van der Waals surface area contributed by atoms with Crippen LogP contribution in [0.15, 0.2) is 30.3 Å². The second kappa shape index (κ2) is 3.42. The molecule has 1 atom stereocenters. The number of benzene rings is 1. The minimum Gasteiger partial charge on any atom is -0.318 e. The van der Waals surface area contributed by atoms with Crippen LogP contribution < -0.4 is 15.5 Å². The van der Waals surface area contributed by atoms with Crippen molar-refractivity contribution >= 4 is 23.7 Å². The van der Waals surface area contributed by atoms with E-state index in [2.05, 4.69) is 5.32 Å². The van der Waals surface area contributed by atoms with Crippen LogP contribution in [0.25, 0.3) is 0 Å². The summed E-state index contributed by atoms with van der Waals surface area (Å²) in [6.07, 6.45) is 0. The average Bonchev–Trinajstić information content (AvgIpc) is 2.56. The summed E-state index contributed by atoms with van der Waals surface area (Å²) in [4.78, 5) is 34.2. The average molecular weight is 219 g/mol. The highest BCUT2D eigenvalue weighted by molar-refractivity contribution is 6.18. The molecule has 5 amide bonds. The third kappa shape index (κ3) is 1.28. The number of urea groups is 2. The lowest BCUT2D eigenvalue weighted by atomic mass is 10.2. The predicted octanol–water partition coefficient (Wildman–Crippen LogP) is 0.337. The van der Waals surface area contributed by atoms with Gasteiger partial charge in [0.15, 0.2) is 12.2 Å². The number of hydrogen-bond acceptors (Lipinski definition) is 3. The van der Waals surface area contributed by atoms with Gasteiger partial charge < -0.3 is 5.73 Å². The van der Waals surface area contributed by atoms with Crippen LogP contribution in [0.2, 0.25) is 0 Å². The fourth-order valence-corrected chi connectivity index (χ4v) is 1.68. The molecule has 1 unspecified atom stereocenters. The first-order valence-electron chi connectivity index (χ1n) is 4.60. The molecule has 1 radical (unpaired) electrons. The third-order valence-corrected chi connectivity index (χ3v) is 2.49. The normalized spacial score (nSPS) is 24.2. The Morgan fingerprint density at radius 1 is 1.25 bits per heavy atom. The van der Waals surface area contributed by atoms with Crippen LogP contribution in [0.3, 0.4) is 0 Å². The van der Waals surface area contributed by atoms with Gasteiger partial charge in [0.05, 0.1) is 0 Å². The van der Waals surface area contributed by atoms with Gasteiger partial charge in [-0.2, -0.15) is 0 Å². The highest BCUT2D eigenvalue weighted by Crippen LogP contribution is 2.26. The van der Waals surface area contributed by atoms with Crippen LogP contribution >= 0.6 is 0 Å². The topological polar surface area (TPSA) is 91.3 Å². The van der Waals surface area contributed by atoms with Crippen molar-refractivity contribution in [2.75, 3.05) is 6.54 Å². The third-order valence-electron chi connectivity index (χ3n) is 2.49. The van der Waals surface area contributed by atoms with Gasteiger partial charge in [0.2, 0.25) is 0 Å². The van der Waals surface area contributed by atoms with Crippen LogP contribution in [-0.4, -0.2) is 24.5 Å². The van der Waals surface area contributed by atoms with Crippen LogP contribution in [0.5, 0.6) is 0 Å². The molecule has 16 heavy (non-hydrogen) atoms. The molecule has 2 N–H and O–H groups in total. The van der Waals surface area contributed by atoms with Gasteiger partial charge in [-0.1, -0.05) is 18.2 Å². The zero-order chi connectivity index (χ0) is 11.8. The molecule has 0 bridgehead atoms. The van der Waals surface area contributed by atoms with Crippen molar-refractivity contribution in [2.24, 2.45) is 5.73 Å². The molecule has 1 heterocycles. The van der Waals surface area contributed by atoms with Gasteiger partial charge in [-0.05, 0) is 0 Å². The monoisotopic (exact) mass is 219 g/mol. The Kier molecular flexibility index (Phi) is 2.21. The molecule has 6 heteroatoms. The lowest BCUT2D eigenvalue weighted by Gasteiger charge is -2.22. The van der Waals surface area contributed by atoms with Gasteiger partial charge in [0.1, 0.15) is 0 Å². The first-order valence-corrected chi connectivity index (χ1v) is 4.60. The maximum atomic E-state index is 11.6. The molecule has 1 aliphatic rings. The molecule has 1 saturated heterocycles. The van der Waals surface area contributed by atoms with E-state index in [1.165, 1.54) is 0 Å². The largest absolute Gasteiger partial charge is 0.460 e. The molecule has 1 fully saturated rings. The molecule has 6 nitrogen and oxygen atoms in total. The van der Waals surface area contributed by atoms with Crippen molar-refractivity contribution in [2.45, 2.75) is 0 Å². The van der Waals surface area contributed by atoms with E-state index < -0.39 is 22.5 Å². The van der Waals surface area contributed by atoms with Crippen molar-refractivity contribution in [1.29, 1.82) is 0 Å². The number of carbonyl (C=O) groups excluding carboxylic acids is 3. The molecule has 1 aromatic carbocycles. The van der Waals surface area contributed by atoms with Crippen molar-refractivity contribution in [1.82, 2.24) is 9.80 Å². The van der Waals surface area contributed by atoms with Crippen LogP contribution in [0.4, 0.5) is 15.3 Å². The van der Waals surface area contributed by atoms with E-state index in [0.717, 1.165) is 0 Å². The number of amides is 5. The minimum atomic E-state index is -0.897. The second-order valence-corrected chi connectivity index (χ2v) is 3.43. The van der Waals surface area contributed by atoms with Crippen LogP contribution in [0, 0.1) is 0 Å². The van der Waals surface area contributed by atoms with Crippen LogP contribution in [-0.2, 0) is 4.79 Å². The zero-order valence-electron chi connectivity index (χ0n) is 8.29. The van der Waals surface area contributed by atoms with Crippen molar-refractivity contribution < 1.29 is 14.4 Å². The van der Waals surface area contributed by atoms with E-state index in [1.54, 1.807) is 30.3 Å². The van der Waals surface area contributed by atoms with Gasteiger partial charge in [0, 0.05) is 12.1 Å². The predicted molar refractivity (Wildman–Crippen MR) is 55.2 cm³/mol. The Labute approximate surface area is 91.2 Å². The van der Waals surface area contributed by atoms with Gasteiger partial charge in [0.25, 0.3) is 0 Å². The number of quaternary nitrogens is 1. The quantitative estimate of drug-likeness (QED) is 0.545. The summed E-state index contributed by atoms with van der Waals surface area (Å²) in [6.45, 7) is -0.335. The molecule has 81 valence electrons. The van der Waals surface area contributed by atoms with Gasteiger partial charge in [-0.3, -0.25) is 4.79 Å². The Hall–Kier alpha value is -2.21. The number of para-hydroxylation sites is 1.